The zero-order chi connectivity index (χ0) is 17.2. The summed E-state index contributed by atoms with van der Waals surface area (Å²) in [5, 5.41) is 0. The van der Waals surface area contributed by atoms with Gasteiger partial charge in [0.05, 0.1) is 12.1 Å². The standard InChI is InChI=1S/C21H31N3O/c1-2-23-19-10-6-7-11-20(19)24(21(23)25)18-12-14-22(15-13-18)16-17-8-4-3-5-9-17/h3-5,8-9,18-20H,2,6-7,10-16H2,1H3/t19-,20-/m1/s1. The Labute approximate surface area is 151 Å². The highest BCUT2D eigenvalue weighted by atomic mass is 16.2. The van der Waals surface area contributed by atoms with E-state index >= 15 is 0 Å². The van der Waals surface area contributed by atoms with Gasteiger partial charge in [0.1, 0.15) is 0 Å². The fraction of sp³-hybridized carbons (Fsp3) is 0.667. The molecule has 2 heterocycles. The number of nitrogens with zero attached hydrogens (tertiary/aromatic N) is 3. The molecular formula is C21H31N3O. The maximum absolute atomic E-state index is 13.0. The molecular weight excluding hydrogens is 310 g/mol. The Bertz CT molecular complexity index is 582. The van der Waals surface area contributed by atoms with Crippen LogP contribution in [0.1, 0.15) is 51.0 Å². The zero-order valence-electron chi connectivity index (χ0n) is 15.4. The molecule has 136 valence electrons. The lowest BCUT2D eigenvalue weighted by atomic mass is 9.88. The van der Waals surface area contributed by atoms with E-state index in [4.69, 9.17) is 0 Å². The molecule has 2 amide bonds. The van der Waals surface area contributed by atoms with Gasteiger partial charge in [-0.2, -0.15) is 0 Å². The molecule has 2 saturated heterocycles. The number of piperidine rings is 1. The number of amides is 2. The van der Waals surface area contributed by atoms with Crippen molar-refractivity contribution in [1.29, 1.82) is 0 Å². The van der Waals surface area contributed by atoms with Gasteiger partial charge in [0.25, 0.3) is 0 Å². The van der Waals surface area contributed by atoms with Crippen molar-refractivity contribution in [2.24, 2.45) is 0 Å². The minimum absolute atomic E-state index is 0.320. The minimum atomic E-state index is 0.320. The number of carbonyl (C=O) groups is 1. The molecule has 1 aliphatic carbocycles. The van der Waals surface area contributed by atoms with Crippen LogP contribution >= 0.6 is 0 Å². The van der Waals surface area contributed by atoms with Crippen LogP contribution in [0.2, 0.25) is 0 Å². The average Bonchev–Trinajstić information content (AvgIpc) is 2.94. The van der Waals surface area contributed by atoms with Crippen LogP contribution < -0.4 is 0 Å². The fourth-order valence-electron chi connectivity index (χ4n) is 5.21. The summed E-state index contributed by atoms with van der Waals surface area (Å²) in [6.45, 7) is 6.24. The predicted octanol–water partition coefficient (Wildman–Crippen LogP) is 3.72. The number of rotatable bonds is 4. The minimum Gasteiger partial charge on any atom is -0.320 e. The van der Waals surface area contributed by atoms with E-state index in [1.165, 1.54) is 31.2 Å². The normalized spacial score (nSPS) is 28.4. The Balaban J connectivity index is 1.39. The second kappa shape index (κ2) is 7.36. The summed E-state index contributed by atoms with van der Waals surface area (Å²) >= 11 is 0. The van der Waals surface area contributed by atoms with Crippen molar-refractivity contribution < 1.29 is 4.79 Å². The lowest BCUT2D eigenvalue weighted by Crippen LogP contribution is -2.49. The van der Waals surface area contributed by atoms with E-state index in [9.17, 15) is 4.79 Å². The first-order valence-electron chi connectivity index (χ1n) is 10.1. The first kappa shape index (κ1) is 16.9. The van der Waals surface area contributed by atoms with Crippen LogP contribution in [0, 0.1) is 0 Å². The molecule has 1 saturated carbocycles. The van der Waals surface area contributed by atoms with E-state index in [-0.39, 0.29) is 0 Å². The van der Waals surface area contributed by atoms with Crippen LogP contribution in [-0.4, -0.2) is 58.5 Å². The highest BCUT2D eigenvalue weighted by Gasteiger charge is 2.48. The van der Waals surface area contributed by atoms with E-state index < -0.39 is 0 Å². The van der Waals surface area contributed by atoms with Crippen molar-refractivity contribution in [1.82, 2.24) is 14.7 Å². The third-order valence-corrected chi connectivity index (χ3v) is 6.46. The first-order valence-corrected chi connectivity index (χ1v) is 10.1. The molecule has 0 N–H and O–H groups in total. The lowest BCUT2D eigenvalue weighted by molar-refractivity contribution is 0.0991. The van der Waals surface area contributed by atoms with Crippen LogP contribution in [0.15, 0.2) is 30.3 Å². The summed E-state index contributed by atoms with van der Waals surface area (Å²) in [6, 6.07) is 12.5. The SMILES string of the molecule is CCN1C(=O)N(C2CCN(Cc3ccccc3)CC2)[C@@H]2CCCC[C@H]21. The molecule has 2 atom stereocenters. The number of hydrogen-bond donors (Lipinski definition) is 0. The number of fused-ring (bicyclic) bond motifs is 1. The van der Waals surface area contributed by atoms with Crippen molar-refractivity contribution in [3.8, 4) is 0 Å². The molecule has 2 aliphatic heterocycles. The van der Waals surface area contributed by atoms with Gasteiger partial charge in [0.2, 0.25) is 0 Å². The smallest absolute Gasteiger partial charge is 0.320 e. The van der Waals surface area contributed by atoms with Crippen LogP contribution in [0.5, 0.6) is 0 Å². The fourth-order valence-corrected chi connectivity index (χ4v) is 5.21. The summed E-state index contributed by atoms with van der Waals surface area (Å²) in [4.78, 5) is 20.0. The molecule has 0 bridgehead atoms. The molecule has 0 unspecified atom stereocenters. The first-order chi connectivity index (χ1) is 12.3. The van der Waals surface area contributed by atoms with Crippen molar-refractivity contribution >= 4 is 6.03 Å². The number of hydrogen-bond acceptors (Lipinski definition) is 2. The highest BCUT2D eigenvalue weighted by Crippen LogP contribution is 2.37. The predicted molar refractivity (Wildman–Crippen MR) is 100 cm³/mol. The quantitative estimate of drug-likeness (QED) is 0.834. The molecule has 4 heteroatoms. The van der Waals surface area contributed by atoms with Gasteiger partial charge in [-0.05, 0) is 38.2 Å². The van der Waals surface area contributed by atoms with Crippen molar-refractivity contribution in [2.75, 3.05) is 19.6 Å². The monoisotopic (exact) mass is 341 g/mol. The molecule has 0 aromatic heterocycles. The molecule has 25 heavy (non-hydrogen) atoms. The Morgan fingerprint density at radius 2 is 1.64 bits per heavy atom. The summed E-state index contributed by atoms with van der Waals surface area (Å²) < 4.78 is 0. The van der Waals surface area contributed by atoms with E-state index in [1.807, 2.05) is 0 Å². The van der Waals surface area contributed by atoms with Gasteiger partial charge in [0.15, 0.2) is 0 Å². The number of benzene rings is 1. The van der Waals surface area contributed by atoms with Gasteiger partial charge in [-0.1, -0.05) is 43.2 Å². The maximum atomic E-state index is 13.0. The Morgan fingerprint density at radius 1 is 0.960 bits per heavy atom. The van der Waals surface area contributed by atoms with E-state index in [2.05, 4.69) is 52.0 Å². The summed E-state index contributed by atoms with van der Waals surface area (Å²) in [5.74, 6) is 0. The summed E-state index contributed by atoms with van der Waals surface area (Å²) in [7, 11) is 0. The van der Waals surface area contributed by atoms with Gasteiger partial charge in [-0.3, -0.25) is 4.90 Å². The molecule has 3 aliphatic rings. The molecule has 4 rings (SSSR count). The molecule has 1 aromatic carbocycles. The second-order valence-electron chi connectivity index (χ2n) is 7.89. The van der Waals surface area contributed by atoms with Crippen molar-refractivity contribution in [3.05, 3.63) is 35.9 Å². The Morgan fingerprint density at radius 3 is 2.32 bits per heavy atom. The van der Waals surface area contributed by atoms with Gasteiger partial charge in [0, 0.05) is 32.2 Å². The summed E-state index contributed by atoms with van der Waals surface area (Å²) in [5.41, 5.74) is 1.39. The lowest BCUT2D eigenvalue weighted by Gasteiger charge is -2.40. The third-order valence-electron chi connectivity index (χ3n) is 6.46. The van der Waals surface area contributed by atoms with Gasteiger partial charge < -0.3 is 9.80 Å². The molecule has 1 aromatic rings. The second-order valence-corrected chi connectivity index (χ2v) is 7.89. The van der Waals surface area contributed by atoms with Gasteiger partial charge in [-0.25, -0.2) is 4.79 Å². The Kier molecular flexibility index (Phi) is 4.98. The number of likely N-dealkylation sites (tertiary alicyclic amines) is 1. The zero-order valence-corrected chi connectivity index (χ0v) is 15.4. The van der Waals surface area contributed by atoms with Crippen LogP contribution in [0.3, 0.4) is 0 Å². The largest absolute Gasteiger partial charge is 0.320 e. The van der Waals surface area contributed by atoms with Crippen LogP contribution in [0.25, 0.3) is 0 Å². The molecule has 4 nitrogen and oxygen atoms in total. The van der Waals surface area contributed by atoms with Crippen molar-refractivity contribution in [2.45, 2.75) is 70.1 Å². The molecule has 3 fully saturated rings. The average molecular weight is 341 g/mol. The maximum Gasteiger partial charge on any atom is 0.320 e. The topological polar surface area (TPSA) is 26.8 Å². The van der Waals surface area contributed by atoms with Crippen LogP contribution in [-0.2, 0) is 6.54 Å². The third kappa shape index (κ3) is 3.29. The number of carbonyl (C=O) groups excluding carboxylic acids is 1. The van der Waals surface area contributed by atoms with Gasteiger partial charge in [-0.15, -0.1) is 0 Å². The van der Waals surface area contributed by atoms with Gasteiger partial charge >= 0.3 is 6.03 Å². The Hall–Kier alpha value is -1.55. The number of likely N-dealkylation sites (N-methyl/N-ethyl adjacent to an activating group) is 1. The van der Waals surface area contributed by atoms with Crippen molar-refractivity contribution in [3.63, 3.8) is 0 Å². The van der Waals surface area contributed by atoms with E-state index in [0.29, 0.717) is 24.2 Å². The van der Waals surface area contributed by atoms with E-state index in [0.717, 1.165) is 39.0 Å². The highest BCUT2D eigenvalue weighted by molar-refractivity contribution is 5.78. The molecule has 0 spiro atoms. The van der Waals surface area contributed by atoms with E-state index in [1.54, 1.807) is 0 Å². The summed E-state index contributed by atoms with van der Waals surface area (Å²) in [6.07, 6.45) is 7.23. The number of urea groups is 1. The molecule has 0 radical (unpaired) electrons. The van der Waals surface area contributed by atoms with Crippen LogP contribution in [0.4, 0.5) is 4.79 Å².